The lowest BCUT2D eigenvalue weighted by Gasteiger charge is -2.30. The van der Waals surface area contributed by atoms with E-state index < -0.39 is 0 Å². The van der Waals surface area contributed by atoms with E-state index >= 15 is 0 Å². The van der Waals surface area contributed by atoms with Crippen molar-refractivity contribution in [1.82, 2.24) is 25.7 Å². The predicted molar refractivity (Wildman–Crippen MR) is 140 cm³/mol. The Hall–Kier alpha value is -3.78. The highest BCUT2D eigenvalue weighted by Gasteiger charge is 2.24. The molecule has 186 valence electrons. The van der Waals surface area contributed by atoms with Crippen molar-refractivity contribution in [2.75, 3.05) is 19.4 Å². The normalized spacial score (nSPS) is 18.7. The lowest BCUT2D eigenvalue weighted by Crippen LogP contribution is -2.34. The van der Waals surface area contributed by atoms with Crippen LogP contribution in [0.4, 0.5) is 5.82 Å². The van der Waals surface area contributed by atoms with Gasteiger partial charge in [-0.05, 0) is 79.5 Å². The first-order chi connectivity index (χ1) is 17.6. The van der Waals surface area contributed by atoms with E-state index in [2.05, 4.69) is 56.0 Å². The monoisotopic (exact) mass is 484 g/mol. The number of nitrogens with one attached hydrogen (secondary N) is 2. The summed E-state index contributed by atoms with van der Waals surface area (Å²) >= 11 is 0. The van der Waals surface area contributed by atoms with Crippen LogP contribution >= 0.6 is 0 Å². The van der Waals surface area contributed by atoms with Gasteiger partial charge < -0.3 is 15.8 Å². The lowest BCUT2D eigenvalue weighted by atomic mass is 9.81. The zero-order valence-electron chi connectivity index (χ0n) is 20.5. The minimum Gasteiger partial charge on any atom is -0.465 e. The second-order valence-electron chi connectivity index (χ2n) is 9.52. The molecule has 5 rings (SSSR count). The number of esters is 1. The molecule has 36 heavy (non-hydrogen) atoms. The van der Waals surface area contributed by atoms with Crippen molar-refractivity contribution in [3.8, 4) is 0 Å². The van der Waals surface area contributed by atoms with Gasteiger partial charge >= 0.3 is 5.97 Å². The summed E-state index contributed by atoms with van der Waals surface area (Å²) < 4.78 is 4.95. The van der Waals surface area contributed by atoms with Gasteiger partial charge in [0, 0.05) is 12.0 Å². The molecule has 0 aliphatic heterocycles. The number of hydrogen-bond acceptors (Lipinski definition) is 7. The molecule has 0 bridgehead atoms. The number of carbonyl (C=O) groups is 1. The lowest BCUT2D eigenvalue weighted by molar-refractivity contribution is 0.0600. The Morgan fingerprint density at radius 2 is 1.92 bits per heavy atom. The predicted octanol–water partition coefficient (Wildman–Crippen LogP) is 4.56. The molecule has 0 radical (unpaired) electrons. The summed E-state index contributed by atoms with van der Waals surface area (Å²) in [7, 11) is 1.39. The largest absolute Gasteiger partial charge is 0.465 e. The summed E-state index contributed by atoms with van der Waals surface area (Å²) in [5.41, 5.74) is 11.3. The number of pyridine rings is 1. The topological polar surface area (TPSA) is 119 Å². The number of hydrogen-bond donors (Lipinski definition) is 3. The maximum Gasteiger partial charge on any atom is 0.337 e. The van der Waals surface area contributed by atoms with Crippen molar-refractivity contribution in [3.05, 3.63) is 82.9 Å². The number of anilines is 1. The van der Waals surface area contributed by atoms with E-state index in [4.69, 9.17) is 10.5 Å². The van der Waals surface area contributed by atoms with Crippen molar-refractivity contribution >= 4 is 23.0 Å². The quantitative estimate of drug-likeness (QED) is 0.314. The first kappa shape index (κ1) is 23.9. The molecule has 2 aromatic heterocycles. The Balaban J connectivity index is 1.32. The number of ether oxygens (including phenoxy) is 1. The molecule has 0 saturated heterocycles. The minimum atomic E-state index is -0.357. The maximum absolute atomic E-state index is 12.2. The number of H-pyrrole nitrogens is 1. The van der Waals surface area contributed by atoms with E-state index in [1.807, 2.05) is 24.3 Å². The van der Waals surface area contributed by atoms with E-state index in [-0.39, 0.29) is 11.9 Å². The zero-order valence-corrected chi connectivity index (χ0v) is 20.5. The van der Waals surface area contributed by atoms with Crippen LogP contribution in [0.3, 0.4) is 0 Å². The van der Waals surface area contributed by atoms with E-state index in [1.54, 1.807) is 6.07 Å². The van der Waals surface area contributed by atoms with Crippen LogP contribution in [0.15, 0.2) is 60.7 Å². The van der Waals surface area contributed by atoms with Crippen LogP contribution in [0.5, 0.6) is 0 Å². The second-order valence-corrected chi connectivity index (χ2v) is 9.52. The molecule has 4 aromatic rings. The summed E-state index contributed by atoms with van der Waals surface area (Å²) in [6.45, 7) is 0.829. The van der Waals surface area contributed by atoms with Crippen molar-refractivity contribution in [2.24, 2.45) is 0 Å². The number of fused-ring (bicyclic) bond motifs is 1. The highest BCUT2D eigenvalue weighted by Crippen LogP contribution is 2.35. The van der Waals surface area contributed by atoms with Crippen LogP contribution < -0.4 is 11.1 Å². The van der Waals surface area contributed by atoms with Crippen LogP contribution in [0.25, 0.3) is 11.2 Å². The summed E-state index contributed by atoms with van der Waals surface area (Å²) in [5, 5.41) is 14.8. The zero-order chi connectivity index (χ0) is 24.9. The van der Waals surface area contributed by atoms with E-state index in [0.29, 0.717) is 34.5 Å². The van der Waals surface area contributed by atoms with Crippen LogP contribution in [0, 0.1) is 0 Å². The van der Waals surface area contributed by atoms with Crippen LogP contribution in [0.1, 0.15) is 71.0 Å². The second kappa shape index (κ2) is 10.9. The molecule has 1 atom stereocenters. The van der Waals surface area contributed by atoms with Crippen LogP contribution in [0.2, 0.25) is 0 Å². The van der Waals surface area contributed by atoms with Gasteiger partial charge in [0.25, 0.3) is 0 Å². The Bertz CT molecular complexity index is 1310. The first-order valence-electron chi connectivity index (χ1n) is 12.6. The molecule has 1 aliphatic carbocycles. The van der Waals surface area contributed by atoms with E-state index in [1.165, 1.54) is 25.5 Å². The fourth-order valence-corrected chi connectivity index (χ4v) is 5.44. The van der Waals surface area contributed by atoms with Gasteiger partial charge in [-0.1, -0.05) is 47.7 Å². The van der Waals surface area contributed by atoms with Gasteiger partial charge in [-0.2, -0.15) is 0 Å². The number of nitrogens with two attached hydrogens (primary N) is 1. The van der Waals surface area contributed by atoms with Crippen molar-refractivity contribution in [2.45, 2.75) is 50.0 Å². The third kappa shape index (κ3) is 5.23. The highest BCUT2D eigenvalue weighted by atomic mass is 16.5. The minimum absolute atomic E-state index is 0.0411. The number of aromatic amines is 1. The van der Waals surface area contributed by atoms with E-state index in [0.717, 1.165) is 36.9 Å². The molecule has 1 saturated carbocycles. The SMILES string of the molecule is COC(=O)c1cccc(C(CCN[C@H]2CC[C@H](c3ccccc3)CC2)c2cc(N)nc3[nH]nnc23)c1. The number of methoxy groups -OCH3 is 1. The number of carbonyl (C=O) groups excluding carboxylic acids is 1. The average Bonchev–Trinajstić information content (AvgIpc) is 3.40. The molecule has 1 fully saturated rings. The third-order valence-electron chi connectivity index (χ3n) is 7.30. The molecular formula is C28H32N6O2. The van der Waals surface area contributed by atoms with Crippen LogP contribution in [-0.2, 0) is 4.74 Å². The third-order valence-corrected chi connectivity index (χ3v) is 7.30. The molecule has 1 unspecified atom stereocenters. The Labute approximate surface area is 210 Å². The molecule has 4 N–H and O–H groups in total. The Morgan fingerprint density at radius 3 is 2.69 bits per heavy atom. The number of benzene rings is 2. The number of nitrogen functional groups attached to an aromatic ring is 1. The van der Waals surface area contributed by atoms with Crippen LogP contribution in [-0.4, -0.2) is 46.1 Å². The standard InChI is InChI=1S/C28H32N6O2/c1-36-28(35)21-9-5-8-20(16-21)23(24-17-25(29)31-27-26(24)32-34-33-27)14-15-30-22-12-10-19(11-13-22)18-6-3-2-4-7-18/h2-9,16-17,19,22-23,30H,10-15H2,1H3,(H3,29,31,32,33,34)/t19-,22-,23?. The van der Waals surface area contributed by atoms with Gasteiger partial charge in [-0.3, -0.25) is 0 Å². The fourth-order valence-electron chi connectivity index (χ4n) is 5.44. The summed E-state index contributed by atoms with van der Waals surface area (Å²) in [5.74, 6) is 0.661. The smallest absolute Gasteiger partial charge is 0.337 e. The summed E-state index contributed by atoms with van der Waals surface area (Å²) in [4.78, 5) is 16.5. The van der Waals surface area contributed by atoms with Gasteiger partial charge in [-0.15, -0.1) is 5.10 Å². The number of aromatic nitrogens is 4. The Morgan fingerprint density at radius 1 is 1.11 bits per heavy atom. The molecule has 1 aliphatic rings. The maximum atomic E-state index is 12.2. The average molecular weight is 485 g/mol. The molecule has 2 aromatic carbocycles. The number of nitrogens with zero attached hydrogens (tertiary/aromatic N) is 3. The molecule has 0 amide bonds. The van der Waals surface area contributed by atoms with Gasteiger partial charge in [-0.25, -0.2) is 14.9 Å². The van der Waals surface area contributed by atoms with Gasteiger partial charge in [0.05, 0.1) is 12.7 Å². The Kier molecular flexibility index (Phi) is 7.23. The molecule has 2 heterocycles. The molecular weight excluding hydrogens is 452 g/mol. The molecule has 8 heteroatoms. The first-order valence-corrected chi connectivity index (χ1v) is 12.6. The van der Waals surface area contributed by atoms with Crippen molar-refractivity contribution in [1.29, 1.82) is 0 Å². The van der Waals surface area contributed by atoms with Gasteiger partial charge in [0.1, 0.15) is 11.3 Å². The molecule has 8 nitrogen and oxygen atoms in total. The molecule has 0 spiro atoms. The fraction of sp³-hybridized carbons (Fsp3) is 0.357. The number of rotatable bonds is 8. The van der Waals surface area contributed by atoms with Gasteiger partial charge in [0.15, 0.2) is 5.65 Å². The summed E-state index contributed by atoms with van der Waals surface area (Å²) in [6.07, 6.45) is 5.55. The summed E-state index contributed by atoms with van der Waals surface area (Å²) in [6, 6.07) is 20.8. The van der Waals surface area contributed by atoms with E-state index in [9.17, 15) is 4.79 Å². The van der Waals surface area contributed by atoms with Crippen molar-refractivity contribution < 1.29 is 9.53 Å². The van der Waals surface area contributed by atoms with Crippen molar-refractivity contribution in [3.63, 3.8) is 0 Å². The highest BCUT2D eigenvalue weighted by molar-refractivity contribution is 5.89. The van der Waals surface area contributed by atoms with Gasteiger partial charge in [0.2, 0.25) is 0 Å².